The van der Waals surface area contributed by atoms with Crippen molar-refractivity contribution in [3.8, 4) is 11.5 Å². The van der Waals surface area contributed by atoms with Gasteiger partial charge in [-0.3, -0.25) is 0 Å². The molecule has 0 aliphatic carbocycles. The Kier molecular flexibility index (Phi) is 7.98. The number of para-hydroxylation sites is 2. The van der Waals surface area contributed by atoms with E-state index >= 15 is 0 Å². The van der Waals surface area contributed by atoms with Crippen molar-refractivity contribution in [3.63, 3.8) is 0 Å². The van der Waals surface area contributed by atoms with Gasteiger partial charge in [0.15, 0.2) is 11.5 Å². The van der Waals surface area contributed by atoms with Gasteiger partial charge in [-0.1, -0.05) is 68.9 Å². The van der Waals surface area contributed by atoms with E-state index in [2.05, 4.69) is 6.92 Å². The van der Waals surface area contributed by atoms with Crippen LogP contribution in [-0.2, 0) is 10.1 Å². The Hall–Kier alpha value is -2.01. The molecule has 4 nitrogen and oxygen atoms in total. The highest BCUT2D eigenvalue weighted by Crippen LogP contribution is 2.29. The van der Waals surface area contributed by atoms with Crippen molar-refractivity contribution in [3.05, 3.63) is 54.1 Å². The highest BCUT2D eigenvalue weighted by atomic mass is 32.2. The highest BCUT2D eigenvalue weighted by Gasteiger charge is 2.18. The van der Waals surface area contributed by atoms with E-state index in [0.717, 1.165) is 18.4 Å². The predicted molar refractivity (Wildman–Crippen MR) is 104 cm³/mol. The van der Waals surface area contributed by atoms with Crippen molar-refractivity contribution in [2.24, 2.45) is 0 Å². The second-order valence-electron chi connectivity index (χ2n) is 6.41. The molecule has 26 heavy (non-hydrogen) atoms. The number of hydrogen-bond acceptors (Lipinski definition) is 4. The van der Waals surface area contributed by atoms with Crippen LogP contribution in [-0.4, -0.2) is 15.0 Å². The minimum atomic E-state index is -3.88. The third-order valence-corrected chi connectivity index (χ3v) is 5.36. The zero-order valence-corrected chi connectivity index (χ0v) is 16.4. The number of ether oxygens (including phenoxy) is 1. The first kappa shape index (κ1) is 20.3. The van der Waals surface area contributed by atoms with Crippen molar-refractivity contribution in [1.82, 2.24) is 0 Å². The molecule has 5 heteroatoms. The van der Waals surface area contributed by atoms with E-state index in [9.17, 15) is 8.42 Å². The van der Waals surface area contributed by atoms with Crippen LogP contribution in [0.25, 0.3) is 0 Å². The molecule has 0 aliphatic heterocycles. The van der Waals surface area contributed by atoms with Gasteiger partial charge in [0.1, 0.15) is 4.90 Å². The molecule has 0 saturated heterocycles. The molecule has 0 saturated carbocycles. The molecule has 0 atom stereocenters. The number of rotatable bonds is 11. The Bertz CT molecular complexity index is 767. The molecule has 0 aromatic heterocycles. The largest absolute Gasteiger partial charge is 0.490 e. The summed E-state index contributed by atoms with van der Waals surface area (Å²) in [7, 11) is -3.88. The number of unbranched alkanes of at least 4 members (excludes halogenated alkanes) is 5. The molecule has 142 valence electrons. The zero-order valence-electron chi connectivity index (χ0n) is 15.6. The van der Waals surface area contributed by atoms with E-state index in [1.807, 2.05) is 13.0 Å². The van der Waals surface area contributed by atoms with Gasteiger partial charge in [-0.15, -0.1) is 0 Å². The van der Waals surface area contributed by atoms with Gasteiger partial charge in [0.2, 0.25) is 0 Å². The summed E-state index contributed by atoms with van der Waals surface area (Å²) in [6.45, 7) is 4.66. The minimum Gasteiger partial charge on any atom is -0.490 e. The fourth-order valence-electron chi connectivity index (χ4n) is 2.57. The molecule has 2 aromatic carbocycles. The van der Waals surface area contributed by atoms with Crippen molar-refractivity contribution < 1.29 is 17.3 Å². The van der Waals surface area contributed by atoms with Gasteiger partial charge in [0.25, 0.3) is 0 Å². The summed E-state index contributed by atoms with van der Waals surface area (Å²) in [5.41, 5.74) is 0.992. The summed E-state index contributed by atoms with van der Waals surface area (Å²) in [6, 6.07) is 13.5. The van der Waals surface area contributed by atoms with E-state index in [1.54, 1.807) is 42.5 Å². The van der Waals surface area contributed by atoms with Gasteiger partial charge in [-0.05, 0) is 37.6 Å². The predicted octanol–water partition coefficient (Wildman–Crippen LogP) is 5.50. The van der Waals surface area contributed by atoms with Crippen LogP contribution < -0.4 is 8.92 Å². The normalized spacial score (nSPS) is 11.3. The summed E-state index contributed by atoms with van der Waals surface area (Å²) < 4.78 is 36.0. The number of aryl methyl sites for hydroxylation is 1. The van der Waals surface area contributed by atoms with Crippen molar-refractivity contribution >= 4 is 10.1 Å². The van der Waals surface area contributed by atoms with Crippen LogP contribution >= 0.6 is 0 Å². The van der Waals surface area contributed by atoms with Gasteiger partial charge >= 0.3 is 10.1 Å². The quantitative estimate of drug-likeness (QED) is 0.384. The van der Waals surface area contributed by atoms with E-state index in [4.69, 9.17) is 8.92 Å². The van der Waals surface area contributed by atoms with Crippen molar-refractivity contribution in [2.75, 3.05) is 6.61 Å². The fraction of sp³-hybridized carbons (Fsp3) is 0.429. The van der Waals surface area contributed by atoms with Gasteiger partial charge < -0.3 is 8.92 Å². The average Bonchev–Trinajstić information content (AvgIpc) is 2.62. The molecule has 0 radical (unpaired) electrons. The Morgan fingerprint density at radius 2 is 1.42 bits per heavy atom. The van der Waals surface area contributed by atoms with Crippen LogP contribution in [0.2, 0.25) is 0 Å². The van der Waals surface area contributed by atoms with E-state index < -0.39 is 10.1 Å². The molecule has 2 aromatic rings. The molecule has 0 spiro atoms. The Balaban J connectivity index is 1.94. The molecule has 0 fully saturated rings. The number of hydrogen-bond donors (Lipinski definition) is 0. The Morgan fingerprint density at radius 1 is 0.808 bits per heavy atom. The van der Waals surface area contributed by atoms with E-state index in [-0.39, 0.29) is 10.6 Å². The third-order valence-electron chi connectivity index (χ3n) is 4.11. The second kappa shape index (κ2) is 10.2. The highest BCUT2D eigenvalue weighted by molar-refractivity contribution is 7.87. The Morgan fingerprint density at radius 3 is 2.12 bits per heavy atom. The summed E-state index contributed by atoms with van der Waals surface area (Å²) in [6.07, 6.45) is 7.03. The van der Waals surface area contributed by atoms with Crippen molar-refractivity contribution in [1.29, 1.82) is 0 Å². The van der Waals surface area contributed by atoms with Crippen LogP contribution in [0.5, 0.6) is 11.5 Å². The number of benzene rings is 2. The maximum atomic E-state index is 12.5. The average molecular weight is 377 g/mol. The van der Waals surface area contributed by atoms with Crippen molar-refractivity contribution in [2.45, 2.75) is 57.3 Å². The van der Waals surface area contributed by atoms with Gasteiger partial charge in [0.05, 0.1) is 6.61 Å². The molecule has 2 rings (SSSR count). The molecular formula is C21H28O4S. The topological polar surface area (TPSA) is 52.6 Å². The van der Waals surface area contributed by atoms with E-state index in [1.165, 1.54) is 25.7 Å². The first-order valence-electron chi connectivity index (χ1n) is 9.26. The smallest absolute Gasteiger partial charge is 0.339 e. The SMILES string of the molecule is CCCCCCCCOc1ccccc1OS(=O)(=O)c1ccc(C)cc1. The molecule has 0 N–H and O–H groups in total. The van der Waals surface area contributed by atoms with Gasteiger partial charge in [0, 0.05) is 0 Å². The third kappa shape index (κ3) is 6.37. The van der Waals surface area contributed by atoms with Crippen LogP contribution in [0.15, 0.2) is 53.4 Å². The molecular weight excluding hydrogens is 348 g/mol. The summed E-state index contributed by atoms with van der Waals surface area (Å²) in [5, 5.41) is 0. The summed E-state index contributed by atoms with van der Waals surface area (Å²) >= 11 is 0. The Labute approximate surface area is 157 Å². The van der Waals surface area contributed by atoms with Crippen LogP contribution in [0.1, 0.15) is 51.0 Å². The lowest BCUT2D eigenvalue weighted by Gasteiger charge is -2.12. The second-order valence-corrected chi connectivity index (χ2v) is 7.96. The van der Waals surface area contributed by atoms with E-state index in [0.29, 0.717) is 12.4 Å². The summed E-state index contributed by atoms with van der Waals surface area (Å²) in [4.78, 5) is 0.133. The zero-order chi connectivity index (χ0) is 18.8. The van der Waals surface area contributed by atoms with Crippen LogP contribution in [0.4, 0.5) is 0 Å². The van der Waals surface area contributed by atoms with Gasteiger partial charge in [-0.25, -0.2) is 0 Å². The van der Waals surface area contributed by atoms with Crippen LogP contribution in [0, 0.1) is 6.92 Å². The summed E-state index contributed by atoms with van der Waals surface area (Å²) in [5.74, 6) is 0.677. The first-order valence-corrected chi connectivity index (χ1v) is 10.7. The molecule has 0 amide bonds. The lowest BCUT2D eigenvalue weighted by Crippen LogP contribution is -2.11. The minimum absolute atomic E-state index is 0.133. The maximum Gasteiger partial charge on any atom is 0.339 e. The molecule has 0 heterocycles. The molecule has 0 unspecified atom stereocenters. The van der Waals surface area contributed by atoms with Crippen LogP contribution in [0.3, 0.4) is 0 Å². The fourth-order valence-corrected chi connectivity index (χ4v) is 3.51. The standard InChI is InChI=1S/C21H28O4S/c1-3-4-5-6-7-10-17-24-20-11-8-9-12-21(20)25-26(22,23)19-15-13-18(2)14-16-19/h8-9,11-16H,3-7,10,17H2,1-2H3. The molecule has 0 aliphatic rings. The van der Waals surface area contributed by atoms with Gasteiger partial charge in [-0.2, -0.15) is 8.42 Å². The lowest BCUT2D eigenvalue weighted by atomic mass is 10.1. The lowest BCUT2D eigenvalue weighted by molar-refractivity contribution is 0.295. The first-order chi connectivity index (χ1) is 12.5. The maximum absolute atomic E-state index is 12.5. The molecule has 0 bridgehead atoms. The monoisotopic (exact) mass is 376 g/mol.